The average molecular weight is 402 g/mol. The van der Waals surface area contributed by atoms with Gasteiger partial charge in [0.15, 0.2) is 18.0 Å². The van der Waals surface area contributed by atoms with Gasteiger partial charge in [-0.2, -0.15) is 0 Å². The van der Waals surface area contributed by atoms with Crippen molar-refractivity contribution >= 4 is 11.7 Å². The third-order valence-corrected chi connectivity index (χ3v) is 5.18. The summed E-state index contributed by atoms with van der Waals surface area (Å²) >= 11 is 0. The van der Waals surface area contributed by atoms with Gasteiger partial charge in [-0.25, -0.2) is 4.98 Å². The standard InChI is InChI=1S/C21H28N4O4/c1-27-17-13-19(29-3)18(28-2)12-16(17)14-23-21(26)15-24-8-10-25(11-9-24)20-6-4-5-7-22-20/h4-7,12-13H,8-11,14-15H2,1-3H3,(H,23,26)/p+2. The molecule has 0 aliphatic carbocycles. The molecule has 1 aliphatic heterocycles. The fourth-order valence-corrected chi connectivity index (χ4v) is 3.54. The second-order valence-electron chi connectivity index (χ2n) is 6.96. The number of H-pyrrole nitrogens is 1. The number of anilines is 1. The molecule has 1 aliphatic rings. The lowest BCUT2D eigenvalue weighted by molar-refractivity contribution is -0.892. The number of nitrogens with zero attached hydrogens (tertiary/aromatic N) is 1. The quantitative estimate of drug-likeness (QED) is 0.625. The number of nitrogens with one attached hydrogen (secondary N) is 3. The zero-order valence-corrected chi connectivity index (χ0v) is 17.3. The second-order valence-corrected chi connectivity index (χ2v) is 6.96. The molecule has 0 bridgehead atoms. The van der Waals surface area contributed by atoms with Crippen LogP contribution in [0.3, 0.4) is 0 Å². The third-order valence-electron chi connectivity index (χ3n) is 5.18. The van der Waals surface area contributed by atoms with Gasteiger partial charge in [-0.3, -0.25) is 9.69 Å². The Balaban J connectivity index is 1.50. The minimum absolute atomic E-state index is 0.0246. The highest BCUT2D eigenvalue weighted by Crippen LogP contribution is 2.34. The first-order valence-corrected chi connectivity index (χ1v) is 9.75. The van der Waals surface area contributed by atoms with Crippen LogP contribution < -0.4 is 34.3 Å². The predicted octanol–water partition coefficient (Wildman–Crippen LogP) is -0.452. The highest BCUT2D eigenvalue weighted by atomic mass is 16.5. The van der Waals surface area contributed by atoms with Crippen LogP contribution in [-0.2, 0) is 11.3 Å². The van der Waals surface area contributed by atoms with Crippen LogP contribution in [0.2, 0.25) is 0 Å². The number of benzene rings is 1. The summed E-state index contributed by atoms with van der Waals surface area (Å²) in [6, 6.07) is 9.68. The molecule has 1 saturated heterocycles. The van der Waals surface area contributed by atoms with E-state index < -0.39 is 0 Å². The summed E-state index contributed by atoms with van der Waals surface area (Å²) in [7, 11) is 4.76. The number of carbonyl (C=O) groups excluding carboxylic acids is 1. The van der Waals surface area contributed by atoms with Crippen molar-refractivity contribution < 1.29 is 28.9 Å². The molecule has 3 N–H and O–H groups in total. The van der Waals surface area contributed by atoms with Crippen LogP contribution in [0.5, 0.6) is 17.2 Å². The molecule has 1 amide bonds. The van der Waals surface area contributed by atoms with E-state index in [1.54, 1.807) is 27.4 Å². The molecule has 0 unspecified atom stereocenters. The van der Waals surface area contributed by atoms with E-state index >= 15 is 0 Å². The molecule has 29 heavy (non-hydrogen) atoms. The summed E-state index contributed by atoms with van der Waals surface area (Å²) in [5, 5.41) is 3.00. The average Bonchev–Trinajstić information content (AvgIpc) is 2.78. The van der Waals surface area contributed by atoms with Gasteiger partial charge < -0.3 is 24.4 Å². The zero-order valence-electron chi connectivity index (χ0n) is 17.3. The molecule has 1 aromatic carbocycles. The second kappa shape index (κ2) is 9.97. The number of aromatic nitrogens is 1. The van der Waals surface area contributed by atoms with Gasteiger partial charge in [0.25, 0.3) is 11.7 Å². The molecule has 3 rings (SSSR count). The van der Waals surface area contributed by atoms with Crippen LogP contribution in [0.4, 0.5) is 5.82 Å². The van der Waals surface area contributed by atoms with Gasteiger partial charge in [0.05, 0.1) is 27.5 Å². The lowest BCUT2D eigenvalue weighted by atomic mass is 10.1. The fraction of sp³-hybridized carbons (Fsp3) is 0.429. The fourth-order valence-electron chi connectivity index (χ4n) is 3.54. The van der Waals surface area contributed by atoms with Crippen molar-refractivity contribution in [2.75, 3.05) is 59.0 Å². The Bertz CT molecular complexity index is 808. The van der Waals surface area contributed by atoms with Crippen molar-refractivity contribution in [1.82, 2.24) is 5.32 Å². The zero-order chi connectivity index (χ0) is 20.6. The van der Waals surface area contributed by atoms with Crippen molar-refractivity contribution in [2.24, 2.45) is 0 Å². The Hall–Kier alpha value is -3.00. The molecule has 1 fully saturated rings. The van der Waals surface area contributed by atoms with Crippen LogP contribution in [-0.4, -0.2) is 60.0 Å². The number of hydrogen-bond acceptors (Lipinski definition) is 5. The monoisotopic (exact) mass is 402 g/mol. The van der Waals surface area contributed by atoms with E-state index in [1.807, 2.05) is 24.4 Å². The van der Waals surface area contributed by atoms with Crippen molar-refractivity contribution in [3.63, 3.8) is 0 Å². The first-order chi connectivity index (χ1) is 14.1. The van der Waals surface area contributed by atoms with Crippen molar-refractivity contribution in [3.8, 4) is 17.2 Å². The normalized spacial score (nSPS) is 14.4. The van der Waals surface area contributed by atoms with E-state index in [4.69, 9.17) is 14.2 Å². The number of carbonyl (C=O) groups is 1. The topological polar surface area (TPSA) is 78.6 Å². The van der Waals surface area contributed by atoms with Crippen LogP contribution in [0.25, 0.3) is 0 Å². The van der Waals surface area contributed by atoms with E-state index in [2.05, 4.69) is 21.3 Å². The Labute approximate surface area is 171 Å². The van der Waals surface area contributed by atoms with Gasteiger partial charge in [-0.05, 0) is 12.1 Å². The minimum Gasteiger partial charge on any atom is -0.496 e. The van der Waals surface area contributed by atoms with Crippen LogP contribution >= 0.6 is 0 Å². The van der Waals surface area contributed by atoms with Gasteiger partial charge in [0.2, 0.25) is 0 Å². The van der Waals surface area contributed by atoms with Gasteiger partial charge in [0, 0.05) is 24.2 Å². The van der Waals surface area contributed by atoms with Gasteiger partial charge in [-0.1, -0.05) is 6.07 Å². The highest BCUT2D eigenvalue weighted by Gasteiger charge is 2.27. The number of amides is 1. The number of ether oxygens (including phenoxy) is 3. The van der Waals surface area contributed by atoms with Crippen LogP contribution in [0.15, 0.2) is 36.5 Å². The Kier molecular flexibility index (Phi) is 7.13. The molecule has 0 atom stereocenters. The maximum Gasteiger partial charge on any atom is 0.275 e. The smallest absolute Gasteiger partial charge is 0.275 e. The molecular formula is C21H30N4O4+2. The van der Waals surface area contributed by atoms with Crippen molar-refractivity contribution in [3.05, 3.63) is 42.1 Å². The SMILES string of the molecule is COc1cc(OC)c(OC)cc1CNC(=O)C[NH+]1CCN(c2cccc[nH+]2)CC1. The molecule has 2 aromatic rings. The predicted molar refractivity (Wildman–Crippen MR) is 109 cm³/mol. The maximum absolute atomic E-state index is 12.5. The largest absolute Gasteiger partial charge is 0.496 e. The molecule has 0 radical (unpaired) electrons. The first kappa shape index (κ1) is 20.7. The van der Waals surface area contributed by atoms with Crippen molar-refractivity contribution in [1.29, 1.82) is 0 Å². The molecule has 2 heterocycles. The van der Waals surface area contributed by atoms with Crippen LogP contribution in [0.1, 0.15) is 5.56 Å². The molecular weight excluding hydrogens is 372 g/mol. The summed E-state index contributed by atoms with van der Waals surface area (Å²) in [5.74, 6) is 3.01. The number of rotatable bonds is 8. The summed E-state index contributed by atoms with van der Waals surface area (Å²) in [5.41, 5.74) is 0.845. The Morgan fingerprint density at radius 2 is 1.76 bits per heavy atom. The number of pyridine rings is 1. The maximum atomic E-state index is 12.5. The van der Waals surface area contributed by atoms with E-state index in [0.717, 1.165) is 37.6 Å². The molecule has 1 aromatic heterocycles. The molecule has 0 saturated carbocycles. The third kappa shape index (κ3) is 5.29. The van der Waals surface area contributed by atoms with E-state index in [9.17, 15) is 4.79 Å². The summed E-state index contributed by atoms with van der Waals surface area (Å²) < 4.78 is 16.1. The summed E-state index contributed by atoms with van der Waals surface area (Å²) in [6.07, 6.45) is 1.93. The summed E-state index contributed by atoms with van der Waals surface area (Å²) in [6.45, 7) is 4.54. The van der Waals surface area contributed by atoms with E-state index in [-0.39, 0.29) is 5.91 Å². The van der Waals surface area contributed by atoms with Crippen LogP contribution in [0, 0.1) is 0 Å². The minimum atomic E-state index is 0.0246. The highest BCUT2D eigenvalue weighted by molar-refractivity contribution is 5.77. The molecule has 8 nitrogen and oxygen atoms in total. The molecule has 0 spiro atoms. The van der Waals surface area contributed by atoms with Gasteiger partial charge in [0.1, 0.15) is 31.9 Å². The Morgan fingerprint density at radius 3 is 2.38 bits per heavy atom. The lowest BCUT2D eigenvalue weighted by Crippen LogP contribution is -3.16. The number of hydrogen-bond donors (Lipinski definition) is 2. The Morgan fingerprint density at radius 1 is 1.07 bits per heavy atom. The van der Waals surface area contributed by atoms with Gasteiger partial charge >= 0.3 is 0 Å². The van der Waals surface area contributed by atoms with Crippen molar-refractivity contribution in [2.45, 2.75) is 6.54 Å². The summed E-state index contributed by atoms with van der Waals surface area (Å²) in [4.78, 5) is 19.3. The van der Waals surface area contributed by atoms with E-state index in [0.29, 0.717) is 30.3 Å². The number of quaternary nitrogens is 1. The number of aromatic amines is 1. The lowest BCUT2D eigenvalue weighted by Gasteiger charge is -2.27. The molecule has 156 valence electrons. The van der Waals surface area contributed by atoms with Gasteiger partial charge in [-0.15, -0.1) is 0 Å². The number of methoxy groups -OCH3 is 3. The van der Waals surface area contributed by atoms with E-state index in [1.165, 1.54) is 4.90 Å². The first-order valence-electron chi connectivity index (χ1n) is 9.75. The molecule has 8 heteroatoms. The number of piperazine rings is 1.